The van der Waals surface area contributed by atoms with E-state index in [1.54, 1.807) is 13.0 Å². The molecule has 7 nitrogen and oxygen atoms in total. The third-order valence-corrected chi connectivity index (χ3v) is 6.54. The Bertz CT molecular complexity index is 1170. The van der Waals surface area contributed by atoms with Crippen molar-refractivity contribution in [1.82, 2.24) is 19.4 Å². The number of rotatable bonds is 5. The van der Waals surface area contributed by atoms with Crippen molar-refractivity contribution in [1.29, 1.82) is 0 Å². The Balaban J connectivity index is 0.00000167. The van der Waals surface area contributed by atoms with Crippen LogP contribution in [0.25, 0.3) is 16.6 Å². The van der Waals surface area contributed by atoms with Crippen LogP contribution in [0, 0.1) is 20.8 Å². The van der Waals surface area contributed by atoms with Crippen LogP contribution in [-0.2, 0) is 0 Å². The van der Waals surface area contributed by atoms with Gasteiger partial charge in [-0.25, -0.2) is 4.79 Å². The normalized spacial score (nSPS) is 16.3. The van der Waals surface area contributed by atoms with E-state index < -0.39 is 18.7 Å². The van der Waals surface area contributed by atoms with Crippen LogP contribution in [0.2, 0.25) is 0 Å². The zero-order valence-corrected chi connectivity index (χ0v) is 21.0. The molecule has 1 fully saturated rings. The number of pyridine rings is 1. The van der Waals surface area contributed by atoms with Gasteiger partial charge in [0.25, 0.3) is 0 Å². The van der Waals surface area contributed by atoms with Crippen LogP contribution >= 0.6 is 0 Å². The maximum atomic E-state index is 12.8. The third kappa shape index (κ3) is 5.38. The minimum atomic E-state index is -4.22. The van der Waals surface area contributed by atoms with Crippen LogP contribution in [0.1, 0.15) is 59.9 Å². The number of hydrogen-bond donors (Lipinski definition) is 1. The number of aromatic nitrogens is 2. The highest BCUT2D eigenvalue weighted by atomic mass is 19.4. The van der Waals surface area contributed by atoms with Gasteiger partial charge in [-0.1, -0.05) is 19.0 Å². The highest BCUT2D eigenvalue weighted by Gasteiger charge is 2.34. The molecular formula is C25H33F3N4O3. The van der Waals surface area contributed by atoms with E-state index in [1.165, 1.54) is 4.90 Å². The minimum absolute atomic E-state index is 0.190. The van der Waals surface area contributed by atoms with Gasteiger partial charge in [-0.2, -0.15) is 13.2 Å². The second-order valence-corrected chi connectivity index (χ2v) is 8.66. The number of halogens is 3. The summed E-state index contributed by atoms with van der Waals surface area (Å²) in [6.45, 7) is 12.0. The quantitative estimate of drug-likeness (QED) is 0.506. The Morgan fingerprint density at radius 1 is 1.17 bits per heavy atom. The molecule has 0 aliphatic carbocycles. The molecule has 3 aromatic rings. The van der Waals surface area contributed by atoms with E-state index in [0.29, 0.717) is 43.2 Å². The first-order chi connectivity index (χ1) is 16.5. The van der Waals surface area contributed by atoms with Crippen LogP contribution in [0.15, 0.2) is 22.9 Å². The van der Waals surface area contributed by atoms with E-state index >= 15 is 0 Å². The van der Waals surface area contributed by atoms with Crippen LogP contribution in [-0.4, -0.2) is 69.3 Å². The Morgan fingerprint density at radius 2 is 1.80 bits per heavy atom. The molecule has 10 heteroatoms. The fraction of sp³-hybridized carbons (Fsp3) is 0.520. The topological polar surface area (TPSA) is 74.2 Å². The molecule has 1 saturated heterocycles. The zero-order valence-electron chi connectivity index (χ0n) is 21.0. The van der Waals surface area contributed by atoms with E-state index in [2.05, 4.69) is 10.1 Å². The monoisotopic (exact) mass is 494 g/mol. The molecular weight excluding hydrogens is 461 g/mol. The van der Waals surface area contributed by atoms with Crippen molar-refractivity contribution in [3.8, 4) is 11.1 Å². The number of piperazine rings is 1. The van der Waals surface area contributed by atoms with Gasteiger partial charge in [0.05, 0.1) is 23.3 Å². The van der Waals surface area contributed by atoms with Gasteiger partial charge in [-0.15, -0.1) is 0 Å². The van der Waals surface area contributed by atoms with Gasteiger partial charge in [0, 0.05) is 55.2 Å². The Labute approximate surface area is 203 Å². The number of carbonyl (C=O) groups is 1. The molecule has 35 heavy (non-hydrogen) atoms. The molecule has 3 aromatic heterocycles. The van der Waals surface area contributed by atoms with E-state index in [4.69, 9.17) is 4.52 Å². The largest absolute Gasteiger partial charge is 0.478 e. The molecule has 0 saturated carbocycles. The van der Waals surface area contributed by atoms with Crippen molar-refractivity contribution in [3.63, 3.8) is 0 Å². The maximum absolute atomic E-state index is 12.8. The first-order valence-electron chi connectivity index (χ1n) is 11.8. The van der Waals surface area contributed by atoms with E-state index in [0.717, 1.165) is 22.3 Å². The van der Waals surface area contributed by atoms with Gasteiger partial charge in [0.1, 0.15) is 5.76 Å². The molecule has 192 valence electrons. The van der Waals surface area contributed by atoms with Gasteiger partial charge in [-0.05, 0) is 45.4 Å². The minimum Gasteiger partial charge on any atom is -0.478 e. The van der Waals surface area contributed by atoms with Crippen molar-refractivity contribution in [2.75, 3.05) is 32.7 Å². The molecule has 4 rings (SSSR count). The summed E-state index contributed by atoms with van der Waals surface area (Å²) in [6, 6.07) is 3.39. The molecule has 0 aromatic carbocycles. The second-order valence-electron chi connectivity index (χ2n) is 8.66. The summed E-state index contributed by atoms with van der Waals surface area (Å²) in [5.41, 5.74) is 4.76. The highest BCUT2D eigenvalue weighted by molar-refractivity contribution is 5.94. The Morgan fingerprint density at radius 3 is 2.31 bits per heavy atom. The molecule has 0 radical (unpaired) electrons. The van der Waals surface area contributed by atoms with E-state index in [1.807, 2.05) is 51.3 Å². The molecule has 4 heterocycles. The first-order valence-corrected chi connectivity index (χ1v) is 11.8. The van der Waals surface area contributed by atoms with Crippen molar-refractivity contribution in [2.24, 2.45) is 0 Å². The van der Waals surface area contributed by atoms with Crippen molar-refractivity contribution in [2.45, 2.75) is 53.8 Å². The lowest BCUT2D eigenvalue weighted by Crippen LogP contribution is -2.49. The number of fused-ring (bicyclic) bond motifs is 1. The fourth-order valence-electron chi connectivity index (χ4n) is 4.92. The molecule has 1 unspecified atom stereocenters. The highest BCUT2D eigenvalue weighted by Crippen LogP contribution is 2.36. The lowest BCUT2D eigenvalue weighted by atomic mass is 9.99. The third-order valence-electron chi connectivity index (χ3n) is 6.54. The summed E-state index contributed by atoms with van der Waals surface area (Å²) >= 11 is 0. The van der Waals surface area contributed by atoms with Crippen LogP contribution < -0.4 is 0 Å². The number of aromatic carboxylic acids is 1. The molecule has 1 N–H and O–H groups in total. The number of aryl methyl sites for hydroxylation is 2. The van der Waals surface area contributed by atoms with Crippen molar-refractivity contribution in [3.05, 3.63) is 46.6 Å². The summed E-state index contributed by atoms with van der Waals surface area (Å²) < 4.78 is 45.6. The van der Waals surface area contributed by atoms with E-state index in [-0.39, 0.29) is 11.6 Å². The summed E-state index contributed by atoms with van der Waals surface area (Å²) in [5, 5.41) is 13.9. The van der Waals surface area contributed by atoms with Gasteiger partial charge in [0.15, 0.2) is 0 Å². The second kappa shape index (κ2) is 10.4. The van der Waals surface area contributed by atoms with Crippen LogP contribution in [0.3, 0.4) is 0 Å². The SMILES string of the molecule is CC.Cc1noc(C)c1-c1ccn2c(C(C)N3CCN(CC(F)(F)F)CC3)c(C)c(C(=O)O)cc12. The zero-order chi connectivity index (χ0) is 26.1. The van der Waals surface area contributed by atoms with Crippen LogP contribution in [0.5, 0.6) is 0 Å². The Kier molecular flexibility index (Phi) is 7.96. The van der Waals surface area contributed by atoms with Crippen LogP contribution in [0.4, 0.5) is 13.2 Å². The predicted octanol–water partition coefficient (Wildman–Crippen LogP) is 5.48. The molecule has 0 bridgehead atoms. The maximum Gasteiger partial charge on any atom is 0.401 e. The van der Waals surface area contributed by atoms with Crippen molar-refractivity contribution < 1.29 is 27.6 Å². The predicted molar refractivity (Wildman–Crippen MR) is 128 cm³/mol. The summed E-state index contributed by atoms with van der Waals surface area (Å²) in [6.07, 6.45) is -2.31. The van der Waals surface area contributed by atoms with Crippen molar-refractivity contribution >= 4 is 11.5 Å². The standard InChI is InChI=1S/C23H27F3N4O3.C2H6/c1-13-18(22(31)32)11-19-17(20-14(2)27-33-16(20)4)5-6-30(19)21(13)15(3)29-9-7-28(8-10-29)12-23(24,25)26;1-2/h5-6,11,15H,7-10,12H2,1-4H3,(H,31,32);1-2H3. The molecule has 0 amide bonds. The molecule has 1 aliphatic rings. The Hall–Kier alpha value is -2.85. The van der Waals surface area contributed by atoms with Gasteiger partial charge in [-0.3, -0.25) is 9.80 Å². The summed E-state index contributed by atoms with van der Waals surface area (Å²) in [7, 11) is 0. The van der Waals surface area contributed by atoms with Gasteiger partial charge < -0.3 is 14.0 Å². The van der Waals surface area contributed by atoms with Gasteiger partial charge in [0.2, 0.25) is 0 Å². The first kappa shape index (κ1) is 26.7. The number of nitrogens with zero attached hydrogens (tertiary/aromatic N) is 4. The smallest absolute Gasteiger partial charge is 0.401 e. The number of hydrogen-bond acceptors (Lipinski definition) is 5. The summed E-state index contributed by atoms with van der Waals surface area (Å²) in [4.78, 5) is 15.6. The molecule has 1 atom stereocenters. The number of carboxylic acids is 1. The lowest BCUT2D eigenvalue weighted by molar-refractivity contribution is -0.149. The number of alkyl halides is 3. The molecule has 0 spiro atoms. The fourth-order valence-corrected chi connectivity index (χ4v) is 4.92. The lowest BCUT2D eigenvalue weighted by Gasteiger charge is -2.39. The van der Waals surface area contributed by atoms with E-state index in [9.17, 15) is 23.1 Å². The molecule has 1 aliphatic heterocycles. The number of carboxylic acid groups (broad SMARTS) is 1. The van der Waals surface area contributed by atoms with Gasteiger partial charge >= 0.3 is 12.1 Å². The summed E-state index contributed by atoms with van der Waals surface area (Å²) in [5.74, 6) is -0.377. The average Bonchev–Trinajstić information content (AvgIpc) is 3.35. The average molecular weight is 495 g/mol.